The number of carbonyl (C=O) groups is 1. The van der Waals surface area contributed by atoms with Crippen LogP contribution in [-0.2, 0) is 17.8 Å². The minimum atomic E-state index is -0.236. The van der Waals surface area contributed by atoms with E-state index in [1.165, 1.54) is 0 Å². The number of anilines is 1. The zero-order valence-electron chi connectivity index (χ0n) is 14.8. The first-order valence-electron chi connectivity index (χ1n) is 8.73. The van der Waals surface area contributed by atoms with Gasteiger partial charge < -0.3 is 9.84 Å². The molecule has 1 fully saturated rings. The Hall–Kier alpha value is -1.63. The van der Waals surface area contributed by atoms with Gasteiger partial charge in [-0.15, -0.1) is 0 Å². The Kier molecular flexibility index (Phi) is 6.16. The number of rotatable bonds is 6. The Bertz CT molecular complexity index is 758. The Morgan fingerprint density at radius 2 is 2.08 bits per heavy atom. The molecule has 6 nitrogen and oxygen atoms in total. The third kappa shape index (κ3) is 4.96. The number of hydrogen-bond acceptors (Lipinski definition) is 5. The summed E-state index contributed by atoms with van der Waals surface area (Å²) in [6.45, 7) is 5.53. The lowest BCUT2D eigenvalue weighted by atomic mass is 10.1. The van der Waals surface area contributed by atoms with Gasteiger partial charge in [0.05, 0.1) is 12.6 Å². The van der Waals surface area contributed by atoms with Crippen LogP contribution in [-0.4, -0.2) is 33.5 Å². The van der Waals surface area contributed by atoms with Gasteiger partial charge in [0.25, 0.3) is 0 Å². The fourth-order valence-electron chi connectivity index (χ4n) is 3.13. The van der Waals surface area contributed by atoms with Crippen LogP contribution in [0.2, 0.25) is 10.0 Å². The molecule has 1 atom stereocenters. The SMILES string of the molecule is CC(C)Cc1nc(CN2CCCC2C(=O)Nc2cc(Cl)cc(Cl)c2)no1. The predicted molar refractivity (Wildman–Crippen MR) is 101 cm³/mol. The summed E-state index contributed by atoms with van der Waals surface area (Å²) >= 11 is 12.0. The smallest absolute Gasteiger partial charge is 0.241 e. The first-order valence-corrected chi connectivity index (χ1v) is 9.49. The third-order valence-electron chi connectivity index (χ3n) is 4.23. The molecule has 2 aromatic rings. The van der Waals surface area contributed by atoms with Crippen molar-refractivity contribution in [3.8, 4) is 0 Å². The number of nitrogens with zero attached hydrogens (tertiary/aromatic N) is 3. The van der Waals surface area contributed by atoms with Crippen molar-refractivity contribution in [3.05, 3.63) is 40.0 Å². The van der Waals surface area contributed by atoms with Crippen LogP contribution in [0.4, 0.5) is 5.69 Å². The zero-order chi connectivity index (χ0) is 18.7. The van der Waals surface area contributed by atoms with E-state index in [9.17, 15) is 4.79 Å². The Balaban J connectivity index is 1.63. The number of nitrogens with one attached hydrogen (secondary N) is 1. The highest BCUT2D eigenvalue weighted by molar-refractivity contribution is 6.35. The molecule has 0 radical (unpaired) electrons. The van der Waals surface area contributed by atoms with Gasteiger partial charge in [-0.2, -0.15) is 4.98 Å². The molecule has 0 bridgehead atoms. The number of carbonyl (C=O) groups excluding carboxylic acids is 1. The van der Waals surface area contributed by atoms with Gasteiger partial charge in [0.15, 0.2) is 5.82 Å². The van der Waals surface area contributed by atoms with Crippen molar-refractivity contribution in [3.63, 3.8) is 0 Å². The fraction of sp³-hybridized carbons (Fsp3) is 0.500. The molecule has 1 saturated heterocycles. The third-order valence-corrected chi connectivity index (χ3v) is 4.67. The largest absolute Gasteiger partial charge is 0.339 e. The summed E-state index contributed by atoms with van der Waals surface area (Å²) in [7, 11) is 0. The monoisotopic (exact) mass is 396 g/mol. The molecule has 2 heterocycles. The molecule has 140 valence electrons. The topological polar surface area (TPSA) is 71.3 Å². The molecule has 1 amide bonds. The van der Waals surface area contributed by atoms with Gasteiger partial charge in [-0.05, 0) is 43.5 Å². The molecule has 1 aliphatic heterocycles. The minimum Gasteiger partial charge on any atom is -0.339 e. The number of halogens is 2. The normalized spacial score (nSPS) is 17.8. The van der Waals surface area contributed by atoms with E-state index in [0.29, 0.717) is 39.9 Å². The van der Waals surface area contributed by atoms with Gasteiger partial charge >= 0.3 is 0 Å². The summed E-state index contributed by atoms with van der Waals surface area (Å²) in [5.74, 6) is 1.64. The summed E-state index contributed by atoms with van der Waals surface area (Å²) in [4.78, 5) is 19.2. The van der Waals surface area contributed by atoms with Crippen molar-refractivity contribution < 1.29 is 9.32 Å². The Morgan fingerprint density at radius 3 is 2.77 bits per heavy atom. The van der Waals surface area contributed by atoms with E-state index < -0.39 is 0 Å². The molecular formula is C18H22Cl2N4O2. The highest BCUT2D eigenvalue weighted by Gasteiger charge is 2.31. The predicted octanol–water partition coefficient (Wildman–Crippen LogP) is 4.18. The molecule has 1 aliphatic rings. The van der Waals surface area contributed by atoms with E-state index in [2.05, 4.69) is 34.2 Å². The summed E-state index contributed by atoms with van der Waals surface area (Å²) in [5, 5.41) is 7.91. The average Bonchev–Trinajstić information content (AvgIpc) is 3.15. The second-order valence-corrected chi connectivity index (χ2v) is 7.85. The van der Waals surface area contributed by atoms with E-state index in [1.807, 2.05) is 0 Å². The lowest BCUT2D eigenvalue weighted by Crippen LogP contribution is -2.39. The van der Waals surface area contributed by atoms with Gasteiger partial charge in [0, 0.05) is 22.2 Å². The number of likely N-dealkylation sites (tertiary alicyclic amines) is 1. The second-order valence-electron chi connectivity index (χ2n) is 6.98. The van der Waals surface area contributed by atoms with Crippen molar-refractivity contribution in [2.24, 2.45) is 5.92 Å². The first-order chi connectivity index (χ1) is 12.4. The standard InChI is InChI=1S/C18H22Cl2N4O2/c1-11(2)6-17-22-16(23-26-17)10-24-5-3-4-15(24)18(25)21-14-8-12(19)7-13(20)9-14/h7-9,11,15H,3-6,10H2,1-2H3,(H,21,25). The summed E-state index contributed by atoms with van der Waals surface area (Å²) in [6.07, 6.45) is 2.49. The van der Waals surface area contributed by atoms with Crippen LogP contribution in [0.25, 0.3) is 0 Å². The van der Waals surface area contributed by atoms with Crippen LogP contribution in [0.1, 0.15) is 38.4 Å². The molecule has 1 aromatic carbocycles. The lowest BCUT2D eigenvalue weighted by molar-refractivity contribution is -0.120. The van der Waals surface area contributed by atoms with Crippen molar-refractivity contribution in [2.75, 3.05) is 11.9 Å². The van der Waals surface area contributed by atoms with E-state index in [1.54, 1.807) is 18.2 Å². The second kappa shape index (κ2) is 8.37. The maximum atomic E-state index is 12.7. The molecule has 0 spiro atoms. The molecular weight excluding hydrogens is 375 g/mol. The van der Waals surface area contributed by atoms with Gasteiger partial charge in [0.2, 0.25) is 11.8 Å². The van der Waals surface area contributed by atoms with Crippen LogP contribution in [0.3, 0.4) is 0 Å². The molecule has 26 heavy (non-hydrogen) atoms. The number of hydrogen-bond donors (Lipinski definition) is 1. The summed E-state index contributed by atoms with van der Waals surface area (Å²) in [6, 6.07) is 4.76. The van der Waals surface area contributed by atoms with Crippen molar-refractivity contribution in [2.45, 2.75) is 45.7 Å². The molecule has 0 aliphatic carbocycles. The molecule has 0 saturated carbocycles. The minimum absolute atomic E-state index is 0.0771. The maximum absolute atomic E-state index is 12.7. The van der Waals surface area contributed by atoms with Crippen molar-refractivity contribution in [1.29, 1.82) is 0 Å². The molecule has 1 unspecified atom stereocenters. The van der Waals surface area contributed by atoms with Crippen LogP contribution >= 0.6 is 23.2 Å². The molecule has 1 aromatic heterocycles. The summed E-state index contributed by atoms with van der Waals surface area (Å²) in [5.41, 5.74) is 0.595. The number of amides is 1. The quantitative estimate of drug-likeness (QED) is 0.792. The fourth-order valence-corrected chi connectivity index (χ4v) is 3.66. The van der Waals surface area contributed by atoms with Gasteiger partial charge in [-0.1, -0.05) is 42.2 Å². The van der Waals surface area contributed by atoms with E-state index >= 15 is 0 Å². The molecule has 3 rings (SSSR count). The number of benzene rings is 1. The van der Waals surface area contributed by atoms with Crippen LogP contribution in [0.15, 0.2) is 22.7 Å². The Labute approximate surface area is 162 Å². The highest BCUT2D eigenvalue weighted by Crippen LogP contribution is 2.25. The molecule has 1 N–H and O–H groups in total. The lowest BCUT2D eigenvalue weighted by Gasteiger charge is -2.22. The summed E-state index contributed by atoms with van der Waals surface area (Å²) < 4.78 is 5.29. The van der Waals surface area contributed by atoms with Crippen molar-refractivity contribution >= 4 is 34.8 Å². The van der Waals surface area contributed by atoms with Crippen LogP contribution in [0.5, 0.6) is 0 Å². The van der Waals surface area contributed by atoms with Gasteiger partial charge in [-0.3, -0.25) is 9.69 Å². The van der Waals surface area contributed by atoms with Crippen molar-refractivity contribution in [1.82, 2.24) is 15.0 Å². The zero-order valence-corrected chi connectivity index (χ0v) is 16.3. The van der Waals surface area contributed by atoms with Crippen LogP contribution in [0, 0.1) is 5.92 Å². The highest BCUT2D eigenvalue weighted by atomic mass is 35.5. The van der Waals surface area contributed by atoms with E-state index in [4.69, 9.17) is 27.7 Å². The molecule has 8 heteroatoms. The average molecular weight is 397 g/mol. The Morgan fingerprint density at radius 1 is 1.35 bits per heavy atom. The maximum Gasteiger partial charge on any atom is 0.241 e. The van der Waals surface area contributed by atoms with Gasteiger partial charge in [-0.25, -0.2) is 0 Å². The van der Waals surface area contributed by atoms with Gasteiger partial charge in [0.1, 0.15) is 0 Å². The van der Waals surface area contributed by atoms with E-state index in [-0.39, 0.29) is 11.9 Å². The van der Waals surface area contributed by atoms with Crippen LogP contribution < -0.4 is 5.32 Å². The first kappa shape index (κ1) is 19.1. The van der Waals surface area contributed by atoms with E-state index in [0.717, 1.165) is 25.8 Å². The number of aromatic nitrogens is 2.